The lowest BCUT2D eigenvalue weighted by Gasteiger charge is -2.40. The van der Waals surface area contributed by atoms with Gasteiger partial charge in [0.2, 0.25) is 5.91 Å². The fourth-order valence-corrected chi connectivity index (χ4v) is 2.70. The summed E-state index contributed by atoms with van der Waals surface area (Å²) in [5, 5.41) is 0. The van der Waals surface area contributed by atoms with Gasteiger partial charge in [0.05, 0.1) is 0 Å². The Kier molecular flexibility index (Phi) is 3.06. The first-order valence-corrected chi connectivity index (χ1v) is 5.84. The molecule has 2 rings (SSSR count). The Balaban J connectivity index is 2.00. The van der Waals surface area contributed by atoms with Crippen molar-refractivity contribution in [3.63, 3.8) is 0 Å². The molecule has 0 aromatic heterocycles. The van der Waals surface area contributed by atoms with Crippen LogP contribution < -0.4 is 5.73 Å². The van der Waals surface area contributed by atoms with Crippen molar-refractivity contribution in [3.05, 3.63) is 0 Å². The largest absolute Gasteiger partial charge is 0.338 e. The van der Waals surface area contributed by atoms with E-state index in [9.17, 15) is 4.79 Å². The molecule has 1 aliphatic carbocycles. The smallest absolute Gasteiger partial charge is 0.222 e. The van der Waals surface area contributed by atoms with Crippen molar-refractivity contribution in [2.45, 2.75) is 57.0 Å². The lowest BCUT2D eigenvalue weighted by atomic mass is 9.88. The summed E-state index contributed by atoms with van der Waals surface area (Å²) in [4.78, 5) is 13.8. The van der Waals surface area contributed by atoms with Gasteiger partial charge in [0.25, 0.3) is 0 Å². The van der Waals surface area contributed by atoms with Gasteiger partial charge in [-0.3, -0.25) is 4.79 Å². The molecule has 1 heterocycles. The van der Waals surface area contributed by atoms with Crippen molar-refractivity contribution < 1.29 is 4.79 Å². The lowest BCUT2D eigenvalue weighted by molar-refractivity contribution is -0.136. The molecule has 2 aliphatic rings. The maximum absolute atomic E-state index is 11.7. The van der Waals surface area contributed by atoms with E-state index < -0.39 is 0 Å². The maximum Gasteiger partial charge on any atom is 0.222 e. The fourth-order valence-electron chi connectivity index (χ4n) is 2.70. The number of nitrogens with two attached hydrogens (primary N) is 1. The van der Waals surface area contributed by atoms with Crippen LogP contribution in [0.25, 0.3) is 0 Å². The molecule has 3 nitrogen and oxygen atoms in total. The van der Waals surface area contributed by atoms with E-state index in [0.29, 0.717) is 11.9 Å². The summed E-state index contributed by atoms with van der Waals surface area (Å²) in [6.45, 7) is 0.942. The van der Waals surface area contributed by atoms with Crippen LogP contribution in [0.5, 0.6) is 0 Å². The Morgan fingerprint density at radius 1 is 1.14 bits per heavy atom. The number of hydrogen-bond donors (Lipinski definition) is 1. The van der Waals surface area contributed by atoms with Gasteiger partial charge in [-0.1, -0.05) is 12.8 Å². The normalized spacial score (nSPS) is 34.6. The first-order valence-electron chi connectivity index (χ1n) is 5.84. The van der Waals surface area contributed by atoms with Gasteiger partial charge in [-0.15, -0.1) is 0 Å². The van der Waals surface area contributed by atoms with E-state index in [0.717, 1.165) is 38.6 Å². The van der Waals surface area contributed by atoms with E-state index in [1.807, 2.05) is 4.90 Å². The third-order valence-electron chi connectivity index (χ3n) is 3.54. The second-order valence-corrected chi connectivity index (χ2v) is 4.56. The van der Waals surface area contributed by atoms with Gasteiger partial charge < -0.3 is 10.6 Å². The Labute approximate surface area is 85.6 Å². The van der Waals surface area contributed by atoms with Crippen molar-refractivity contribution in [1.29, 1.82) is 0 Å². The molecule has 2 unspecified atom stereocenters. The van der Waals surface area contributed by atoms with E-state index in [4.69, 9.17) is 5.73 Å². The van der Waals surface area contributed by atoms with Crippen LogP contribution in [0.3, 0.4) is 0 Å². The average molecular weight is 196 g/mol. The highest BCUT2D eigenvalue weighted by Gasteiger charge is 2.31. The Bertz CT molecular complexity index is 217. The Morgan fingerprint density at radius 3 is 2.64 bits per heavy atom. The number of hydrogen-bond acceptors (Lipinski definition) is 2. The molecule has 80 valence electrons. The number of carbonyl (C=O) groups excluding carboxylic acids is 1. The molecule has 2 atom stereocenters. The Hall–Kier alpha value is -0.570. The van der Waals surface area contributed by atoms with Crippen molar-refractivity contribution in [2.75, 3.05) is 6.54 Å². The highest BCUT2D eigenvalue weighted by atomic mass is 16.2. The van der Waals surface area contributed by atoms with Crippen molar-refractivity contribution in [3.8, 4) is 0 Å². The topological polar surface area (TPSA) is 46.3 Å². The van der Waals surface area contributed by atoms with Crippen LogP contribution in [0.15, 0.2) is 0 Å². The number of likely N-dealkylation sites (tertiary alicyclic amines) is 1. The van der Waals surface area contributed by atoms with E-state index in [1.54, 1.807) is 0 Å². The molecule has 1 aliphatic heterocycles. The maximum atomic E-state index is 11.7. The van der Waals surface area contributed by atoms with Gasteiger partial charge in [0.15, 0.2) is 0 Å². The van der Waals surface area contributed by atoms with E-state index in [2.05, 4.69) is 0 Å². The molecule has 0 aromatic carbocycles. The van der Waals surface area contributed by atoms with Crippen LogP contribution in [-0.4, -0.2) is 29.4 Å². The quantitative estimate of drug-likeness (QED) is 0.686. The highest BCUT2D eigenvalue weighted by Crippen LogP contribution is 2.25. The minimum atomic E-state index is 0.228. The molecule has 1 saturated carbocycles. The molecule has 0 radical (unpaired) electrons. The number of piperidine rings is 1. The van der Waals surface area contributed by atoms with Gasteiger partial charge in [-0.05, 0) is 25.7 Å². The average Bonchev–Trinajstić information content (AvgIpc) is 2.20. The third kappa shape index (κ3) is 1.92. The monoisotopic (exact) mass is 196 g/mol. The second kappa shape index (κ2) is 4.30. The van der Waals surface area contributed by atoms with Gasteiger partial charge in [0, 0.05) is 25.0 Å². The van der Waals surface area contributed by atoms with Gasteiger partial charge in [0.1, 0.15) is 0 Å². The second-order valence-electron chi connectivity index (χ2n) is 4.56. The molecule has 14 heavy (non-hydrogen) atoms. The predicted molar refractivity (Wildman–Crippen MR) is 55.8 cm³/mol. The van der Waals surface area contributed by atoms with Crippen LogP contribution >= 0.6 is 0 Å². The van der Waals surface area contributed by atoms with Crippen molar-refractivity contribution in [2.24, 2.45) is 5.73 Å². The standard InChI is InChI=1S/C11H20N2O/c12-9-5-1-2-6-10(9)13-8-4-3-7-11(13)14/h9-10H,1-8,12H2. The summed E-state index contributed by atoms with van der Waals surface area (Å²) in [5.41, 5.74) is 6.08. The summed E-state index contributed by atoms with van der Waals surface area (Å²) < 4.78 is 0. The molecular formula is C11H20N2O. The molecule has 0 aromatic rings. The molecule has 2 N–H and O–H groups in total. The van der Waals surface area contributed by atoms with Crippen LogP contribution in [0.1, 0.15) is 44.9 Å². The third-order valence-corrected chi connectivity index (χ3v) is 3.54. The zero-order chi connectivity index (χ0) is 9.97. The first kappa shape index (κ1) is 9.97. The Morgan fingerprint density at radius 2 is 1.93 bits per heavy atom. The summed E-state index contributed by atoms with van der Waals surface area (Å²) in [5.74, 6) is 0.332. The SMILES string of the molecule is NC1CCCCC1N1CCCCC1=O. The van der Waals surface area contributed by atoms with Gasteiger partial charge in [-0.2, -0.15) is 0 Å². The molecular weight excluding hydrogens is 176 g/mol. The van der Waals surface area contributed by atoms with Gasteiger partial charge in [-0.25, -0.2) is 0 Å². The van der Waals surface area contributed by atoms with Crippen LogP contribution in [0.4, 0.5) is 0 Å². The van der Waals surface area contributed by atoms with E-state index in [1.165, 1.54) is 12.8 Å². The molecule has 0 bridgehead atoms. The molecule has 3 heteroatoms. The molecule has 2 fully saturated rings. The molecule has 1 amide bonds. The van der Waals surface area contributed by atoms with E-state index >= 15 is 0 Å². The molecule has 1 saturated heterocycles. The van der Waals surface area contributed by atoms with Crippen molar-refractivity contribution in [1.82, 2.24) is 4.90 Å². The number of carbonyl (C=O) groups is 1. The summed E-state index contributed by atoms with van der Waals surface area (Å²) >= 11 is 0. The summed E-state index contributed by atoms with van der Waals surface area (Å²) in [6.07, 6.45) is 7.65. The molecule has 0 spiro atoms. The minimum absolute atomic E-state index is 0.228. The minimum Gasteiger partial charge on any atom is -0.338 e. The first-order chi connectivity index (χ1) is 6.79. The predicted octanol–water partition coefficient (Wildman–Crippen LogP) is 1.27. The fraction of sp³-hybridized carbons (Fsp3) is 0.909. The number of amides is 1. The highest BCUT2D eigenvalue weighted by molar-refractivity contribution is 5.77. The summed E-state index contributed by atoms with van der Waals surface area (Å²) in [7, 11) is 0. The van der Waals surface area contributed by atoms with Crippen LogP contribution in [0, 0.1) is 0 Å². The van der Waals surface area contributed by atoms with Gasteiger partial charge >= 0.3 is 0 Å². The van der Waals surface area contributed by atoms with Crippen LogP contribution in [0.2, 0.25) is 0 Å². The van der Waals surface area contributed by atoms with Crippen molar-refractivity contribution >= 4 is 5.91 Å². The lowest BCUT2D eigenvalue weighted by Crippen LogP contribution is -2.53. The number of nitrogens with zero attached hydrogens (tertiary/aromatic N) is 1. The number of rotatable bonds is 1. The zero-order valence-corrected chi connectivity index (χ0v) is 8.74. The van der Waals surface area contributed by atoms with E-state index in [-0.39, 0.29) is 6.04 Å². The zero-order valence-electron chi connectivity index (χ0n) is 8.74. The van der Waals surface area contributed by atoms with Crippen LogP contribution in [-0.2, 0) is 4.79 Å². The summed E-state index contributed by atoms with van der Waals surface area (Å²) in [6, 6.07) is 0.572.